The second-order valence-corrected chi connectivity index (χ2v) is 10.6. The van der Waals surface area contributed by atoms with Crippen LogP contribution >= 0.6 is 0 Å². The van der Waals surface area contributed by atoms with Crippen LogP contribution in [0.3, 0.4) is 0 Å². The SMILES string of the molecule is COc1ccc(C2CCN(C(=O)c3ccc(C)c(NC(=O)c4ccc(N5CCC(N)CC5)nc4)c3)CC2)cc1. The minimum Gasteiger partial charge on any atom is -0.497 e. The third-order valence-electron chi connectivity index (χ3n) is 7.98. The van der Waals surface area contributed by atoms with Crippen LogP contribution in [-0.2, 0) is 0 Å². The van der Waals surface area contributed by atoms with Crippen LogP contribution in [-0.4, -0.2) is 61.0 Å². The van der Waals surface area contributed by atoms with Crippen LogP contribution in [0.15, 0.2) is 60.8 Å². The largest absolute Gasteiger partial charge is 0.497 e. The number of methoxy groups -OCH3 is 1. The highest BCUT2D eigenvalue weighted by molar-refractivity contribution is 6.05. The molecule has 0 aliphatic carbocycles. The summed E-state index contributed by atoms with van der Waals surface area (Å²) in [6.07, 6.45) is 5.33. The molecule has 0 saturated carbocycles. The molecule has 2 fully saturated rings. The molecular weight excluding hydrogens is 490 g/mol. The van der Waals surface area contributed by atoms with Gasteiger partial charge in [0.1, 0.15) is 11.6 Å². The molecule has 2 aliphatic rings. The molecule has 8 heteroatoms. The summed E-state index contributed by atoms with van der Waals surface area (Å²) in [6.45, 7) is 5.07. The van der Waals surface area contributed by atoms with Crippen LogP contribution in [0.1, 0.15) is 63.4 Å². The molecule has 2 aliphatic heterocycles. The topological polar surface area (TPSA) is 101 Å². The molecule has 5 rings (SSSR count). The van der Waals surface area contributed by atoms with Crippen LogP contribution < -0.4 is 20.7 Å². The van der Waals surface area contributed by atoms with E-state index in [1.807, 2.05) is 42.2 Å². The summed E-state index contributed by atoms with van der Waals surface area (Å²) in [5, 5.41) is 2.98. The highest BCUT2D eigenvalue weighted by Crippen LogP contribution is 2.30. The monoisotopic (exact) mass is 527 g/mol. The molecule has 0 radical (unpaired) electrons. The standard InChI is InChI=1S/C31H37N5O3/c1-21-3-4-24(31(38)36-15-11-23(12-16-36)22-5-8-27(39-2)9-6-22)19-28(21)34-30(37)25-7-10-29(33-20-25)35-17-13-26(32)14-18-35/h3-10,19-20,23,26H,11-18,32H2,1-2H3,(H,34,37). The predicted octanol–water partition coefficient (Wildman–Crippen LogP) is 4.60. The van der Waals surface area contributed by atoms with Gasteiger partial charge in [-0.2, -0.15) is 0 Å². The number of aromatic nitrogens is 1. The highest BCUT2D eigenvalue weighted by atomic mass is 16.5. The second-order valence-electron chi connectivity index (χ2n) is 10.6. The zero-order valence-corrected chi connectivity index (χ0v) is 22.7. The Morgan fingerprint density at radius 3 is 2.26 bits per heavy atom. The van der Waals surface area contributed by atoms with Crippen molar-refractivity contribution in [2.45, 2.75) is 44.6 Å². The van der Waals surface area contributed by atoms with E-state index < -0.39 is 0 Å². The number of aryl methyl sites for hydroxylation is 1. The number of nitrogens with zero attached hydrogens (tertiary/aromatic N) is 3. The molecule has 2 aromatic carbocycles. The van der Waals surface area contributed by atoms with Crippen molar-refractivity contribution in [3.63, 3.8) is 0 Å². The Kier molecular flexibility index (Phi) is 8.12. The summed E-state index contributed by atoms with van der Waals surface area (Å²) < 4.78 is 5.26. The maximum atomic E-state index is 13.3. The summed E-state index contributed by atoms with van der Waals surface area (Å²) in [5.41, 5.74) is 9.87. The van der Waals surface area contributed by atoms with Gasteiger partial charge in [-0.1, -0.05) is 18.2 Å². The van der Waals surface area contributed by atoms with Crippen LogP contribution in [0, 0.1) is 6.92 Å². The van der Waals surface area contributed by atoms with Gasteiger partial charge in [0.25, 0.3) is 11.8 Å². The number of nitrogens with one attached hydrogen (secondary N) is 1. The molecule has 204 valence electrons. The summed E-state index contributed by atoms with van der Waals surface area (Å²) in [5.74, 6) is 1.89. The number of amides is 2. The van der Waals surface area contributed by atoms with Gasteiger partial charge in [0.05, 0.1) is 12.7 Å². The lowest BCUT2D eigenvalue weighted by Gasteiger charge is -2.32. The Bertz CT molecular complexity index is 1290. The number of pyridine rings is 1. The van der Waals surface area contributed by atoms with Gasteiger partial charge in [-0.15, -0.1) is 0 Å². The molecule has 39 heavy (non-hydrogen) atoms. The van der Waals surface area contributed by atoms with Gasteiger partial charge in [-0.25, -0.2) is 4.98 Å². The predicted molar refractivity (Wildman–Crippen MR) is 154 cm³/mol. The van der Waals surface area contributed by atoms with Crippen molar-refractivity contribution in [1.82, 2.24) is 9.88 Å². The van der Waals surface area contributed by atoms with Crippen LogP contribution in [0.5, 0.6) is 5.75 Å². The van der Waals surface area contributed by atoms with Gasteiger partial charge >= 0.3 is 0 Å². The van der Waals surface area contributed by atoms with Crippen LogP contribution in [0.25, 0.3) is 0 Å². The normalized spacial score (nSPS) is 16.7. The number of carbonyl (C=O) groups excluding carboxylic acids is 2. The lowest BCUT2D eigenvalue weighted by atomic mass is 9.89. The number of hydrogen-bond acceptors (Lipinski definition) is 6. The van der Waals surface area contributed by atoms with E-state index in [2.05, 4.69) is 27.3 Å². The van der Waals surface area contributed by atoms with E-state index in [0.29, 0.717) is 35.8 Å². The van der Waals surface area contributed by atoms with Gasteiger partial charge in [0, 0.05) is 49.7 Å². The lowest BCUT2D eigenvalue weighted by molar-refractivity contribution is 0.0712. The molecule has 2 amide bonds. The molecule has 2 saturated heterocycles. The van der Waals surface area contributed by atoms with Crippen molar-refractivity contribution in [3.05, 3.63) is 83.0 Å². The van der Waals surface area contributed by atoms with Gasteiger partial charge in [-0.3, -0.25) is 9.59 Å². The van der Waals surface area contributed by atoms with Crippen molar-refractivity contribution >= 4 is 23.3 Å². The summed E-state index contributed by atoms with van der Waals surface area (Å²) in [4.78, 5) is 35.0. The maximum Gasteiger partial charge on any atom is 0.257 e. The van der Waals surface area contributed by atoms with Gasteiger partial charge in [0.2, 0.25) is 0 Å². The van der Waals surface area contributed by atoms with Crippen molar-refractivity contribution in [1.29, 1.82) is 0 Å². The first-order chi connectivity index (χ1) is 18.9. The first kappa shape index (κ1) is 26.7. The van der Waals surface area contributed by atoms with E-state index in [1.54, 1.807) is 25.4 Å². The second kappa shape index (κ2) is 11.9. The average Bonchev–Trinajstić information content (AvgIpc) is 2.98. The number of benzene rings is 2. The van der Waals surface area contributed by atoms with Crippen LogP contribution in [0.4, 0.5) is 11.5 Å². The number of carbonyl (C=O) groups is 2. The number of nitrogens with two attached hydrogens (primary N) is 1. The zero-order chi connectivity index (χ0) is 27.4. The fraction of sp³-hybridized carbons (Fsp3) is 0.387. The molecule has 0 atom stereocenters. The molecule has 8 nitrogen and oxygen atoms in total. The first-order valence-corrected chi connectivity index (χ1v) is 13.7. The lowest BCUT2D eigenvalue weighted by Crippen LogP contribution is -2.40. The highest BCUT2D eigenvalue weighted by Gasteiger charge is 2.25. The number of rotatable bonds is 6. The Morgan fingerprint density at radius 1 is 0.923 bits per heavy atom. The van der Waals surface area contributed by atoms with E-state index in [1.165, 1.54) is 5.56 Å². The fourth-order valence-electron chi connectivity index (χ4n) is 5.39. The van der Waals surface area contributed by atoms with E-state index in [-0.39, 0.29) is 17.9 Å². The van der Waals surface area contributed by atoms with Gasteiger partial charge < -0.3 is 25.6 Å². The average molecular weight is 528 g/mol. The van der Waals surface area contributed by atoms with E-state index in [0.717, 1.165) is 55.9 Å². The number of piperidine rings is 2. The molecule has 1 aromatic heterocycles. The van der Waals surface area contributed by atoms with Crippen molar-refractivity contribution in [3.8, 4) is 5.75 Å². The zero-order valence-electron chi connectivity index (χ0n) is 22.7. The number of ether oxygens (including phenoxy) is 1. The number of anilines is 2. The smallest absolute Gasteiger partial charge is 0.257 e. The Labute approximate surface area is 230 Å². The van der Waals surface area contributed by atoms with E-state index in [9.17, 15) is 9.59 Å². The number of hydrogen-bond donors (Lipinski definition) is 2. The quantitative estimate of drug-likeness (QED) is 0.486. The molecule has 3 heterocycles. The van der Waals surface area contributed by atoms with Crippen LogP contribution in [0.2, 0.25) is 0 Å². The fourth-order valence-corrected chi connectivity index (χ4v) is 5.39. The molecule has 0 unspecified atom stereocenters. The van der Waals surface area contributed by atoms with Crippen molar-refractivity contribution in [2.75, 3.05) is 43.5 Å². The summed E-state index contributed by atoms with van der Waals surface area (Å²) in [7, 11) is 1.67. The van der Waals surface area contributed by atoms with Gasteiger partial charge in [0.15, 0.2) is 0 Å². The molecule has 3 N–H and O–H groups in total. The van der Waals surface area contributed by atoms with E-state index >= 15 is 0 Å². The molecule has 0 spiro atoms. The Balaban J connectivity index is 1.20. The maximum absolute atomic E-state index is 13.3. The molecular formula is C31H37N5O3. The minimum atomic E-state index is -0.247. The van der Waals surface area contributed by atoms with Gasteiger partial charge in [-0.05, 0) is 86.1 Å². The van der Waals surface area contributed by atoms with Crippen molar-refractivity contribution < 1.29 is 14.3 Å². The third-order valence-corrected chi connectivity index (χ3v) is 7.98. The summed E-state index contributed by atoms with van der Waals surface area (Å²) >= 11 is 0. The summed E-state index contributed by atoms with van der Waals surface area (Å²) in [6, 6.07) is 17.6. The number of likely N-dealkylation sites (tertiary alicyclic amines) is 1. The third kappa shape index (κ3) is 6.23. The Morgan fingerprint density at radius 2 is 1.62 bits per heavy atom. The Hall–Kier alpha value is -3.91. The molecule has 3 aromatic rings. The first-order valence-electron chi connectivity index (χ1n) is 13.7. The van der Waals surface area contributed by atoms with E-state index in [4.69, 9.17) is 10.5 Å². The minimum absolute atomic E-state index is 0.00838. The molecule has 0 bridgehead atoms. The van der Waals surface area contributed by atoms with Crippen molar-refractivity contribution in [2.24, 2.45) is 5.73 Å².